The quantitative estimate of drug-likeness (QED) is 0.545. The summed E-state index contributed by atoms with van der Waals surface area (Å²) >= 11 is 0. The molecule has 1 saturated heterocycles. The van der Waals surface area contributed by atoms with E-state index in [1.807, 2.05) is 0 Å². The van der Waals surface area contributed by atoms with E-state index < -0.39 is 6.10 Å². The average molecular weight is 328 g/mol. The molecular formula is C20H28N2O2+2. The fourth-order valence-corrected chi connectivity index (χ4v) is 3.77. The van der Waals surface area contributed by atoms with Crippen molar-refractivity contribution in [2.45, 2.75) is 12.1 Å². The average Bonchev–Trinajstić information content (AvgIpc) is 2.65. The molecule has 4 heteroatoms. The Bertz CT molecular complexity index is 558. The zero-order valence-corrected chi connectivity index (χ0v) is 14.1. The molecule has 4 N–H and O–H groups in total. The highest BCUT2D eigenvalue weighted by Gasteiger charge is 2.32. The van der Waals surface area contributed by atoms with Crippen molar-refractivity contribution in [3.63, 3.8) is 0 Å². The maximum Gasteiger partial charge on any atom is 0.139 e. The van der Waals surface area contributed by atoms with E-state index in [2.05, 4.69) is 60.7 Å². The SMILES string of the molecule is OC[C@H](O)C[NH+]1CC[NH+](C(c2ccccc2)c2ccccc2)CC1. The van der Waals surface area contributed by atoms with Crippen LogP contribution in [0.1, 0.15) is 17.2 Å². The second-order valence-corrected chi connectivity index (χ2v) is 6.70. The first-order valence-corrected chi connectivity index (χ1v) is 8.85. The van der Waals surface area contributed by atoms with Gasteiger partial charge in [-0.3, -0.25) is 0 Å². The van der Waals surface area contributed by atoms with Crippen LogP contribution in [0.3, 0.4) is 0 Å². The first kappa shape index (κ1) is 17.1. The van der Waals surface area contributed by atoms with Crippen LogP contribution in [-0.4, -0.2) is 55.6 Å². The molecule has 4 nitrogen and oxygen atoms in total. The Morgan fingerprint density at radius 1 is 0.792 bits per heavy atom. The number of piperazine rings is 1. The molecule has 0 aromatic heterocycles. The van der Waals surface area contributed by atoms with E-state index in [-0.39, 0.29) is 6.61 Å². The van der Waals surface area contributed by atoms with Crippen LogP contribution in [0.2, 0.25) is 0 Å². The van der Waals surface area contributed by atoms with Crippen LogP contribution >= 0.6 is 0 Å². The molecule has 0 unspecified atom stereocenters. The van der Waals surface area contributed by atoms with Crippen molar-refractivity contribution in [1.29, 1.82) is 0 Å². The van der Waals surface area contributed by atoms with Gasteiger partial charge in [0.15, 0.2) is 0 Å². The third-order valence-electron chi connectivity index (χ3n) is 5.01. The number of quaternary nitrogens is 2. The summed E-state index contributed by atoms with van der Waals surface area (Å²) in [5, 5.41) is 18.7. The highest BCUT2D eigenvalue weighted by Crippen LogP contribution is 2.18. The van der Waals surface area contributed by atoms with Crippen LogP contribution in [0.5, 0.6) is 0 Å². The lowest BCUT2D eigenvalue weighted by molar-refractivity contribution is -1.02. The zero-order valence-electron chi connectivity index (χ0n) is 14.1. The minimum Gasteiger partial charge on any atom is -0.393 e. The normalized spacial score (nSPS) is 22.5. The Balaban J connectivity index is 1.74. The molecule has 0 saturated carbocycles. The predicted octanol–water partition coefficient (Wildman–Crippen LogP) is -1.09. The first-order chi connectivity index (χ1) is 11.8. The molecule has 0 amide bonds. The highest BCUT2D eigenvalue weighted by atomic mass is 16.3. The summed E-state index contributed by atoms with van der Waals surface area (Å²) in [5.74, 6) is 0. The molecule has 1 fully saturated rings. The first-order valence-electron chi connectivity index (χ1n) is 8.85. The number of benzene rings is 2. The highest BCUT2D eigenvalue weighted by molar-refractivity contribution is 5.29. The largest absolute Gasteiger partial charge is 0.393 e. The van der Waals surface area contributed by atoms with E-state index in [1.54, 1.807) is 4.90 Å². The van der Waals surface area contributed by atoms with Crippen LogP contribution < -0.4 is 9.80 Å². The second kappa shape index (κ2) is 8.40. The Kier molecular flexibility index (Phi) is 5.99. The van der Waals surface area contributed by atoms with Gasteiger partial charge in [0.1, 0.15) is 44.9 Å². The molecule has 2 aromatic rings. The molecule has 1 heterocycles. The number of hydrogen-bond acceptors (Lipinski definition) is 2. The molecule has 0 bridgehead atoms. The number of aliphatic hydroxyl groups excluding tert-OH is 2. The minimum atomic E-state index is -0.597. The van der Waals surface area contributed by atoms with Gasteiger partial charge in [-0.1, -0.05) is 60.7 Å². The monoisotopic (exact) mass is 328 g/mol. The molecule has 128 valence electrons. The van der Waals surface area contributed by atoms with Gasteiger partial charge in [0.05, 0.1) is 6.61 Å². The maximum absolute atomic E-state index is 9.66. The summed E-state index contributed by atoms with van der Waals surface area (Å²) < 4.78 is 0. The lowest BCUT2D eigenvalue weighted by Gasteiger charge is -2.35. The summed E-state index contributed by atoms with van der Waals surface area (Å²) in [6.45, 7) is 4.71. The summed E-state index contributed by atoms with van der Waals surface area (Å²) in [5.41, 5.74) is 2.72. The van der Waals surface area contributed by atoms with Crippen molar-refractivity contribution < 1.29 is 20.0 Å². The van der Waals surface area contributed by atoms with Gasteiger partial charge < -0.3 is 20.0 Å². The molecule has 1 aliphatic rings. The van der Waals surface area contributed by atoms with Crippen molar-refractivity contribution in [3.8, 4) is 0 Å². The van der Waals surface area contributed by atoms with E-state index in [0.717, 1.165) is 26.2 Å². The fourth-order valence-electron chi connectivity index (χ4n) is 3.77. The van der Waals surface area contributed by atoms with Crippen LogP contribution in [0.15, 0.2) is 60.7 Å². The van der Waals surface area contributed by atoms with Gasteiger partial charge in [0.25, 0.3) is 0 Å². The van der Waals surface area contributed by atoms with E-state index in [4.69, 9.17) is 5.11 Å². The number of rotatable bonds is 6. The predicted molar refractivity (Wildman–Crippen MR) is 94.1 cm³/mol. The summed E-state index contributed by atoms with van der Waals surface area (Å²) in [7, 11) is 0. The van der Waals surface area contributed by atoms with Crippen molar-refractivity contribution in [2.75, 3.05) is 39.3 Å². The number of hydrogen-bond donors (Lipinski definition) is 4. The molecule has 24 heavy (non-hydrogen) atoms. The Hall–Kier alpha value is -1.72. The van der Waals surface area contributed by atoms with Crippen molar-refractivity contribution in [3.05, 3.63) is 71.8 Å². The van der Waals surface area contributed by atoms with Gasteiger partial charge >= 0.3 is 0 Å². The molecule has 0 spiro atoms. The second-order valence-electron chi connectivity index (χ2n) is 6.70. The van der Waals surface area contributed by atoms with Gasteiger partial charge in [-0.05, 0) is 0 Å². The minimum absolute atomic E-state index is 0.142. The van der Waals surface area contributed by atoms with E-state index in [0.29, 0.717) is 12.6 Å². The third-order valence-corrected chi connectivity index (χ3v) is 5.01. The molecule has 3 rings (SSSR count). The van der Waals surface area contributed by atoms with Crippen LogP contribution in [-0.2, 0) is 0 Å². The summed E-state index contributed by atoms with van der Waals surface area (Å²) in [4.78, 5) is 2.97. The van der Waals surface area contributed by atoms with Crippen molar-refractivity contribution >= 4 is 0 Å². The van der Waals surface area contributed by atoms with E-state index in [9.17, 15) is 5.11 Å². The van der Waals surface area contributed by atoms with E-state index >= 15 is 0 Å². The Morgan fingerprint density at radius 2 is 1.29 bits per heavy atom. The topological polar surface area (TPSA) is 49.3 Å². The summed E-state index contributed by atoms with van der Waals surface area (Å²) in [6, 6.07) is 21.8. The van der Waals surface area contributed by atoms with Crippen molar-refractivity contribution in [1.82, 2.24) is 0 Å². The molecule has 0 radical (unpaired) electrons. The zero-order chi connectivity index (χ0) is 16.8. The molecule has 1 aliphatic heterocycles. The van der Waals surface area contributed by atoms with Gasteiger partial charge in [0, 0.05) is 11.1 Å². The molecular weight excluding hydrogens is 300 g/mol. The van der Waals surface area contributed by atoms with Gasteiger partial charge in [-0.2, -0.15) is 0 Å². The van der Waals surface area contributed by atoms with Gasteiger partial charge in [-0.15, -0.1) is 0 Å². The summed E-state index contributed by atoms with van der Waals surface area (Å²) in [6.07, 6.45) is -0.597. The van der Waals surface area contributed by atoms with Gasteiger partial charge in [0.2, 0.25) is 0 Å². The third kappa shape index (κ3) is 4.22. The lowest BCUT2D eigenvalue weighted by atomic mass is 9.96. The van der Waals surface area contributed by atoms with Gasteiger partial charge in [-0.25, -0.2) is 0 Å². The standard InChI is InChI=1S/C20H26N2O2/c23-16-19(24)15-21-11-13-22(14-12-21)20(17-7-3-1-4-8-17)18-9-5-2-6-10-18/h1-10,19-20,23-24H,11-16H2/p+2/t19-/m1/s1. The maximum atomic E-state index is 9.66. The Labute approximate surface area is 144 Å². The fraction of sp³-hybridized carbons (Fsp3) is 0.400. The lowest BCUT2D eigenvalue weighted by Crippen LogP contribution is -3.28. The van der Waals surface area contributed by atoms with Crippen LogP contribution in [0, 0.1) is 0 Å². The molecule has 0 aliphatic carbocycles. The molecule has 2 aromatic carbocycles. The number of nitrogens with one attached hydrogen (secondary N) is 2. The van der Waals surface area contributed by atoms with Crippen LogP contribution in [0.25, 0.3) is 0 Å². The van der Waals surface area contributed by atoms with Crippen molar-refractivity contribution in [2.24, 2.45) is 0 Å². The molecule has 1 atom stereocenters. The Morgan fingerprint density at radius 3 is 1.75 bits per heavy atom. The van der Waals surface area contributed by atoms with E-state index in [1.165, 1.54) is 16.0 Å². The smallest absolute Gasteiger partial charge is 0.139 e. The number of aliphatic hydroxyl groups is 2. The van der Waals surface area contributed by atoms with Crippen LogP contribution in [0.4, 0.5) is 0 Å².